The summed E-state index contributed by atoms with van der Waals surface area (Å²) in [6.07, 6.45) is 6.69. The van der Waals surface area contributed by atoms with Gasteiger partial charge in [0, 0.05) is 50.2 Å². The van der Waals surface area contributed by atoms with Gasteiger partial charge in [-0.25, -0.2) is 9.97 Å². The van der Waals surface area contributed by atoms with Crippen molar-refractivity contribution < 1.29 is 9.53 Å². The summed E-state index contributed by atoms with van der Waals surface area (Å²) in [6.45, 7) is 6.43. The van der Waals surface area contributed by atoms with Crippen molar-refractivity contribution in [2.75, 3.05) is 19.7 Å². The van der Waals surface area contributed by atoms with Crippen molar-refractivity contribution >= 4 is 5.91 Å². The molecular weight excluding hydrogens is 294 g/mol. The molecule has 7 heteroatoms. The first kappa shape index (κ1) is 15.7. The predicted molar refractivity (Wildman–Crippen MR) is 84.8 cm³/mol. The van der Waals surface area contributed by atoms with Crippen LogP contribution in [0.5, 0.6) is 0 Å². The molecule has 3 heterocycles. The van der Waals surface area contributed by atoms with Crippen molar-refractivity contribution in [2.24, 2.45) is 0 Å². The van der Waals surface area contributed by atoms with Gasteiger partial charge in [-0.15, -0.1) is 0 Å². The minimum atomic E-state index is -0.166. The molecule has 0 aliphatic carbocycles. The Morgan fingerprint density at radius 1 is 1.48 bits per heavy atom. The maximum atomic E-state index is 12.5. The third-order valence-corrected chi connectivity index (χ3v) is 4.13. The van der Waals surface area contributed by atoms with Gasteiger partial charge in [-0.2, -0.15) is 0 Å². The molecule has 1 aliphatic heterocycles. The molecule has 1 aliphatic rings. The second kappa shape index (κ2) is 6.95. The van der Waals surface area contributed by atoms with Gasteiger partial charge < -0.3 is 19.2 Å². The zero-order valence-electron chi connectivity index (χ0n) is 13.7. The van der Waals surface area contributed by atoms with Crippen molar-refractivity contribution in [3.05, 3.63) is 35.9 Å². The normalized spacial score (nSPS) is 18.3. The Hall–Kier alpha value is -2.15. The SMILES string of the molecule is CCc1nccn1CCC(=O)N1CCOC(c2ncc(C)[nH]2)C1. The number of carbonyl (C=O) groups excluding carboxylic acids is 1. The van der Waals surface area contributed by atoms with E-state index in [-0.39, 0.29) is 12.0 Å². The van der Waals surface area contributed by atoms with Gasteiger partial charge in [-0.3, -0.25) is 4.79 Å². The monoisotopic (exact) mass is 317 g/mol. The summed E-state index contributed by atoms with van der Waals surface area (Å²) >= 11 is 0. The second-order valence-electron chi connectivity index (χ2n) is 5.79. The highest BCUT2D eigenvalue weighted by molar-refractivity contribution is 5.76. The number of rotatable bonds is 5. The lowest BCUT2D eigenvalue weighted by Crippen LogP contribution is -2.42. The van der Waals surface area contributed by atoms with Crippen LogP contribution in [0.3, 0.4) is 0 Å². The van der Waals surface area contributed by atoms with E-state index in [4.69, 9.17) is 4.74 Å². The van der Waals surface area contributed by atoms with Crippen LogP contribution < -0.4 is 0 Å². The van der Waals surface area contributed by atoms with Gasteiger partial charge in [0.2, 0.25) is 5.91 Å². The lowest BCUT2D eigenvalue weighted by Gasteiger charge is -2.32. The molecule has 3 rings (SSSR count). The van der Waals surface area contributed by atoms with E-state index < -0.39 is 0 Å². The second-order valence-corrected chi connectivity index (χ2v) is 5.79. The molecule has 0 bridgehead atoms. The number of aryl methyl sites for hydroxylation is 3. The third kappa shape index (κ3) is 3.61. The van der Waals surface area contributed by atoms with E-state index in [0.29, 0.717) is 32.7 Å². The highest BCUT2D eigenvalue weighted by atomic mass is 16.5. The number of ether oxygens (including phenoxy) is 1. The van der Waals surface area contributed by atoms with Gasteiger partial charge in [0.1, 0.15) is 17.8 Å². The summed E-state index contributed by atoms with van der Waals surface area (Å²) in [5.41, 5.74) is 0.999. The zero-order chi connectivity index (χ0) is 16.2. The fraction of sp³-hybridized carbons (Fsp3) is 0.562. The number of amides is 1. The molecule has 7 nitrogen and oxygen atoms in total. The number of H-pyrrole nitrogens is 1. The standard InChI is InChI=1S/C16H23N5O2/c1-3-14-17-5-7-20(14)6-4-15(22)21-8-9-23-13(11-21)16-18-10-12(2)19-16/h5,7,10,13H,3-4,6,8-9,11H2,1-2H3,(H,18,19). The van der Waals surface area contributed by atoms with Crippen LogP contribution in [0.4, 0.5) is 0 Å². The van der Waals surface area contributed by atoms with Gasteiger partial charge in [-0.1, -0.05) is 6.92 Å². The molecule has 0 radical (unpaired) electrons. The Kier molecular flexibility index (Phi) is 4.76. The van der Waals surface area contributed by atoms with Gasteiger partial charge in [-0.05, 0) is 6.92 Å². The number of hydrogen-bond donors (Lipinski definition) is 1. The molecule has 1 saturated heterocycles. The Bertz CT molecular complexity index is 663. The number of aromatic amines is 1. The topological polar surface area (TPSA) is 76.0 Å². The number of morpholine rings is 1. The predicted octanol–water partition coefficient (Wildman–Crippen LogP) is 1.47. The van der Waals surface area contributed by atoms with Crippen LogP contribution in [0, 0.1) is 6.92 Å². The Balaban J connectivity index is 1.57. The van der Waals surface area contributed by atoms with E-state index in [1.807, 2.05) is 22.6 Å². The minimum absolute atomic E-state index is 0.150. The molecule has 1 N–H and O–H groups in total. The van der Waals surface area contributed by atoms with Gasteiger partial charge >= 0.3 is 0 Å². The van der Waals surface area contributed by atoms with Crippen LogP contribution in [-0.2, 0) is 22.5 Å². The molecule has 124 valence electrons. The number of nitrogens with zero attached hydrogens (tertiary/aromatic N) is 4. The van der Waals surface area contributed by atoms with Crippen LogP contribution in [0.15, 0.2) is 18.6 Å². The van der Waals surface area contributed by atoms with Crippen molar-refractivity contribution in [3.63, 3.8) is 0 Å². The number of imidazole rings is 2. The van der Waals surface area contributed by atoms with Crippen LogP contribution in [-0.4, -0.2) is 50.0 Å². The molecule has 1 unspecified atom stereocenters. The van der Waals surface area contributed by atoms with Crippen molar-refractivity contribution in [1.29, 1.82) is 0 Å². The third-order valence-electron chi connectivity index (χ3n) is 4.13. The maximum Gasteiger partial charge on any atom is 0.224 e. The van der Waals surface area contributed by atoms with Crippen molar-refractivity contribution in [3.8, 4) is 0 Å². The lowest BCUT2D eigenvalue weighted by atomic mass is 10.2. The fourth-order valence-corrected chi connectivity index (χ4v) is 2.87. The summed E-state index contributed by atoms with van der Waals surface area (Å²) in [7, 11) is 0. The summed E-state index contributed by atoms with van der Waals surface area (Å²) in [5.74, 6) is 1.96. The number of hydrogen-bond acceptors (Lipinski definition) is 4. The number of nitrogens with one attached hydrogen (secondary N) is 1. The number of carbonyl (C=O) groups is 1. The quantitative estimate of drug-likeness (QED) is 0.906. The minimum Gasteiger partial charge on any atom is -0.367 e. The van der Waals surface area contributed by atoms with Crippen LogP contribution >= 0.6 is 0 Å². The fourth-order valence-electron chi connectivity index (χ4n) is 2.87. The molecule has 23 heavy (non-hydrogen) atoms. The van der Waals surface area contributed by atoms with Crippen LogP contribution in [0.2, 0.25) is 0 Å². The Morgan fingerprint density at radius 3 is 3.09 bits per heavy atom. The van der Waals surface area contributed by atoms with E-state index in [0.717, 1.165) is 23.8 Å². The summed E-state index contributed by atoms with van der Waals surface area (Å²) in [4.78, 5) is 26.1. The maximum absolute atomic E-state index is 12.5. The summed E-state index contributed by atoms with van der Waals surface area (Å²) < 4.78 is 7.79. The molecule has 0 saturated carbocycles. The van der Waals surface area contributed by atoms with Crippen molar-refractivity contribution in [1.82, 2.24) is 24.4 Å². The van der Waals surface area contributed by atoms with Crippen LogP contribution in [0.25, 0.3) is 0 Å². The molecule has 0 aromatic carbocycles. The van der Waals surface area contributed by atoms with Gasteiger partial charge in [0.05, 0.1) is 13.2 Å². The summed E-state index contributed by atoms with van der Waals surface area (Å²) in [5, 5.41) is 0. The molecule has 1 atom stereocenters. The molecular formula is C16H23N5O2. The summed E-state index contributed by atoms with van der Waals surface area (Å²) in [6, 6.07) is 0. The van der Waals surface area contributed by atoms with E-state index in [9.17, 15) is 4.79 Å². The smallest absolute Gasteiger partial charge is 0.224 e. The average Bonchev–Trinajstić information content (AvgIpc) is 3.21. The van der Waals surface area contributed by atoms with E-state index in [2.05, 4.69) is 21.9 Å². The first-order valence-corrected chi connectivity index (χ1v) is 8.08. The van der Waals surface area contributed by atoms with E-state index in [1.54, 1.807) is 12.4 Å². The largest absolute Gasteiger partial charge is 0.367 e. The Morgan fingerprint density at radius 2 is 2.35 bits per heavy atom. The molecule has 0 spiro atoms. The molecule has 1 amide bonds. The lowest BCUT2D eigenvalue weighted by molar-refractivity contribution is -0.139. The van der Waals surface area contributed by atoms with Gasteiger partial charge in [0.15, 0.2) is 0 Å². The number of aromatic nitrogens is 4. The highest BCUT2D eigenvalue weighted by Crippen LogP contribution is 2.20. The Labute approximate surface area is 135 Å². The van der Waals surface area contributed by atoms with E-state index >= 15 is 0 Å². The molecule has 2 aromatic heterocycles. The highest BCUT2D eigenvalue weighted by Gasteiger charge is 2.26. The van der Waals surface area contributed by atoms with Crippen molar-refractivity contribution in [2.45, 2.75) is 39.3 Å². The first-order chi connectivity index (χ1) is 11.2. The van der Waals surface area contributed by atoms with Crippen LogP contribution in [0.1, 0.15) is 36.8 Å². The van der Waals surface area contributed by atoms with Gasteiger partial charge in [0.25, 0.3) is 0 Å². The first-order valence-electron chi connectivity index (χ1n) is 8.08. The zero-order valence-corrected chi connectivity index (χ0v) is 13.7. The molecule has 2 aromatic rings. The van der Waals surface area contributed by atoms with E-state index in [1.165, 1.54) is 0 Å². The molecule has 1 fully saturated rings. The average molecular weight is 317 g/mol.